The number of carbonyl (C=O) groups excluding carboxylic acids is 1. The molecule has 4 nitrogen and oxygen atoms in total. The topological polar surface area (TPSA) is 55.6 Å². The minimum atomic E-state index is -0.414. The zero-order chi connectivity index (χ0) is 13.4. The van der Waals surface area contributed by atoms with Crippen molar-refractivity contribution in [3.05, 3.63) is 0 Å². The van der Waals surface area contributed by atoms with Gasteiger partial charge in [0.25, 0.3) is 0 Å². The molecule has 5 heteroatoms. The lowest BCUT2D eigenvalue weighted by atomic mass is 9.89. The smallest absolute Gasteiger partial charge is 0.410 e. The molecule has 2 rings (SSSR count). The van der Waals surface area contributed by atoms with Crippen LogP contribution in [0.2, 0.25) is 0 Å². The van der Waals surface area contributed by atoms with Crippen molar-refractivity contribution < 1.29 is 9.53 Å². The van der Waals surface area contributed by atoms with E-state index in [1.54, 1.807) is 0 Å². The predicted molar refractivity (Wildman–Crippen MR) is 74.8 cm³/mol. The fourth-order valence-corrected chi connectivity index (χ4v) is 4.60. The molecule has 0 bridgehead atoms. The van der Waals surface area contributed by atoms with E-state index in [1.165, 1.54) is 12.2 Å². The molecule has 2 aliphatic rings. The summed E-state index contributed by atoms with van der Waals surface area (Å²) in [7, 11) is 0. The Hall–Kier alpha value is -0.420. The largest absolute Gasteiger partial charge is 0.444 e. The van der Waals surface area contributed by atoms with Crippen LogP contribution < -0.4 is 5.73 Å². The lowest BCUT2D eigenvalue weighted by Gasteiger charge is -2.30. The third kappa shape index (κ3) is 2.77. The van der Waals surface area contributed by atoms with Crippen LogP contribution in [0.25, 0.3) is 0 Å². The third-order valence-corrected chi connectivity index (χ3v) is 5.48. The van der Waals surface area contributed by atoms with Crippen molar-refractivity contribution in [1.29, 1.82) is 0 Å². The molecule has 0 aromatic heterocycles. The molecule has 0 radical (unpaired) electrons. The van der Waals surface area contributed by atoms with E-state index in [4.69, 9.17) is 10.5 Å². The normalized spacial score (nSPS) is 32.2. The van der Waals surface area contributed by atoms with E-state index in [2.05, 4.69) is 0 Å². The Balaban J connectivity index is 1.98. The molecular formula is C13H24N2O2S. The Morgan fingerprint density at radius 2 is 2.28 bits per heavy atom. The summed E-state index contributed by atoms with van der Waals surface area (Å²) in [6.45, 7) is 8.05. The van der Waals surface area contributed by atoms with Gasteiger partial charge in [-0.05, 0) is 51.8 Å². The van der Waals surface area contributed by atoms with Crippen molar-refractivity contribution in [3.8, 4) is 0 Å². The minimum absolute atomic E-state index is 0.178. The van der Waals surface area contributed by atoms with Crippen LogP contribution in [-0.4, -0.2) is 46.7 Å². The number of hydrogen-bond acceptors (Lipinski definition) is 4. The summed E-state index contributed by atoms with van der Waals surface area (Å²) in [6, 6.07) is 0. The highest BCUT2D eigenvalue weighted by Gasteiger charge is 2.49. The van der Waals surface area contributed by atoms with Gasteiger partial charge in [0.05, 0.1) is 0 Å². The van der Waals surface area contributed by atoms with Crippen molar-refractivity contribution >= 4 is 17.9 Å². The Morgan fingerprint density at radius 1 is 1.56 bits per heavy atom. The average Bonchev–Trinajstić information content (AvgIpc) is 2.84. The van der Waals surface area contributed by atoms with E-state index in [9.17, 15) is 4.79 Å². The van der Waals surface area contributed by atoms with Gasteiger partial charge in [-0.25, -0.2) is 4.79 Å². The number of amides is 1. The number of thioether (sulfide) groups is 1. The van der Waals surface area contributed by atoms with Gasteiger partial charge in [0.2, 0.25) is 0 Å². The first-order chi connectivity index (χ1) is 8.36. The highest BCUT2D eigenvalue weighted by atomic mass is 32.2. The van der Waals surface area contributed by atoms with E-state index in [1.807, 2.05) is 37.4 Å². The first-order valence-corrected chi connectivity index (χ1v) is 7.67. The zero-order valence-electron chi connectivity index (χ0n) is 11.6. The lowest BCUT2D eigenvalue weighted by Crippen LogP contribution is -2.41. The summed E-state index contributed by atoms with van der Waals surface area (Å²) in [5, 5.41) is 0. The molecule has 0 unspecified atom stereocenters. The van der Waals surface area contributed by atoms with Crippen LogP contribution in [0.3, 0.4) is 0 Å². The molecule has 2 heterocycles. The fraction of sp³-hybridized carbons (Fsp3) is 0.923. The maximum absolute atomic E-state index is 12.1. The van der Waals surface area contributed by atoms with Crippen molar-refractivity contribution in [1.82, 2.24) is 4.90 Å². The van der Waals surface area contributed by atoms with Crippen LogP contribution in [0, 0.1) is 5.92 Å². The van der Waals surface area contributed by atoms with Gasteiger partial charge in [-0.15, -0.1) is 0 Å². The predicted octanol–water partition coefficient (Wildman–Crippen LogP) is 2.08. The summed E-state index contributed by atoms with van der Waals surface area (Å²) in [4.78, 5) is 13.9. The molecular weight excluding hydrogens is 248 g/mol. The molecule has 0 saturated carbocycles. The van der Waals surface area contributed by atoms with Gasteiger partial charge in [0.1, 0.15) is 5.60 Å². The molecule has 2 N–H and O–H groups in total. The van der Waals surface area contributed by atoms with Crippen LogP contribution in [-0.2, 0) is 4.74 Å². The lowest BCUT2D eigenvalue weighted by molar-refractivity contribution is 0.0288. The van der Waals surface area contributed by atoms with Gasteiger partial charge in [-0.1, -0.05) is 0 Å². The van der Waals surface area contributed by atoms with Gasteiger partial charge in [0.15, 0.2) is 0 Å². The zero-order valence-corrected chi connectivity index (χ0v) is 12.4. The van der Waals surface area contributed by atoms with Crippen molar-refractivity contribution in [2.75, 3.05) is 25.4 Å². The van der Waals surface area contributed by atoms with Gasteiger partial charge >= 0.3 is 6.09 Å². The second-order valence-corrected chi connectivity index (χ2v) is 7.80. The van der Waals surface area contributed by atoms with E-state index in [0.717, 1.165) is 26.1 Å². The number of hydrogen-bond donors (Lipinski definition) is 1. The van der Waals surface area contributed by atoms with Crippen LogP contribution >= 0.6 is 11.8 Å². The molecule has 0 aliphatic carbocycles. The Morgan fingerprint density at radius 3 is 2.89 bits per heavy atom. The van der Waals surface area contributed by atoms with Gasteiger partial charge in [0, 0.05) is 17.8 Å². The summed E-state index contributed by atoms with van der Waals surface area (Å²) in [5.74, 6) is 1.72. The summed E-state index contributed by atoms with van der Waals surface area (Å²) >= 11 is 1.99. The number of ether oxygens (including phenoxy) is 1. The second kappa shape index (κ2) is 4.93. The minimum Gasteiger partial charge on any atom is -0.444 e. The molecule has 2 atom stereocenters. The van der Waals surface area contributed by atoms with Gasteiger partial charge in [-0.2, -0.15) is 11.8 Å². The van der Waals surface area contributed by atoms with Gasteiger partial charge < -0.3 is 15.4 Å². The molecule has 2 fully saturated rings. The highest BCUT2D eigenvalue weighted by Crippen LogP contribution is 2.48. The molecule has 2 saturated heterocycles. The first kappa shape index (κ1) is 14.0. The number of likely N-dealkylation sites (tertiary alicyclic amines) is 1. The van der Waals surface area contributed by atoms with Crippen LogP contribution in [0.1, 0.15) is 33.6 Å². The quantitative estimate of drug-likeness (QED) is 0.794. The maximum Gasteiger partial charge on any atom is 0.410 e. The molecule has 0 aromatic carbocycles. The third-order valence-electron chi connectivity index (χ3n) is 3.80. The average molecular weight is 272 g/mol. The molecule has 2 aliphatic heterocycles. The van der Waals surface area contributed by atoms with Crippen LogP contribution in [0.4, 0.5) is 4.79 Å². The Labute approximate surface area is 114 Å². The molecule has 1 spiro atoms. The second-order valence-electron chi connectivity index (χ2n) is 6.29. The standard InChI is InChI=1S/C13H24N2O2S/c1-12(2,3)17-11(16)15-6-5-13(9-15)10(8-14)4-7-18-13/h10H,4-9,14H2,1-3H3/t10-,13+/m1/s1. The SMILES string of the molecule is CC(C)(C)OC(=O)N1CC[C@@]2(C1)SCC[C@@H]2CN. The summed E-state index contributed by atoms with van der Waals surface area (Å²) < 4.78 is 5.64. The number of rotatable bonds is 1. The van der Waals surface area contributed by atoms with Crippen molar-refractivity contribution in [3.63, 3.8) is 0 Å². The molecule has 0 aromatic rings. The first-order valence-electron chi connectivity index (χ1n) is 6.68. The number of nitrogens with zero attached hydrogens (tertiary/aromatic N) is 1. The Kier molecular flexibility index (Phi) is 3.83. The van der Waals surface area contributed by atoms with Crippen molar-refractivity contribution in [2.24, 2.45) is 11.7 Å². The van der Waals surface area contributed by atoms with Gasteiger partial charge in [-0.3, -0.25) is 0 Å². The Bertz CT molecular complexity index is 329. The van der Waals surface area contributed by atoms with Crippen LogP contribution in [0.15, 0.2) is 0 Å². The summed E-state index contributed by atoms with van der Waals surface area (Å²) in [5.41, 5.74) is 5.45. The number of carbonyl (C=O) groups is 1. The van der Waals surface area contributed by atoms with E-state index < -0.39 is 5.60 Å². The highest BCUT2D eigenvalue weighted by molar-refractivity contribution is 8.01. The fourth-order valence-electron chi connectivity index (χ4n) is 2.86. The maximum atomic E-state index is 12.1. The number of nitrogens with two attached hydrogens (primary N) is 1. The van der Waals surface area contributed by atoms with E-state index in [-0.39, 0.29) is 10.8 Å². The summed E-state index contributed by atoms with van der Waals surface area (Å²) in [6.07, 6.45) is 2.06. The molecule has 18 heavy (non-hydrogen) atoms. The monoisotopic (exact) mass is 272 g/mol. The van der Waals surface area contributed by atoms with Crippen molar-refractivity contribution in [2.45, 2.75) is 44.0 Å². The van der Waals surface area contributed by atoms with Crippen LogP contribution in [0.5, 0.6) is 0 Å². The van der Waals surface area contributed by atoms with E-state index in [0.29, 0.717) is 5.92 Å². The molecule has 1 amide bonds. The van der Waals surface area contributed by atoms with E-state index >= 15 is 0 Å². The molecule has 104 valence electrons.